The second-order valence-electron chi connectivity index (χ2n) is 6.69. The topological polar surface area (TPSA) is 45.7 Å². The van der Waals surface area contributed by atoms with Gasteiger partial charge in [0.2, 0.25) is 0 Å². The first-order chi connectivity index (χ1) is 12.7. The van der Waals surface area contributed by atoms with Crippen LogP contribution in [0.4, 0.5) is 9.52 Å². The van der Waals surface area contributed by atoms with Crippen molar-refractivity contribution in [3.8, 4) is 11.3 Å². The van der Waals surface area contributed by atoms with Crippen LogP contribution in [0.2, 0.25) is 0 Å². The van der Waals surface area contributed by atoms with Crippen molar-refractivity contribution in [2.75, 3.05) is 37.7 Å². The molecule has 26 heavy (non-hydrogen) atoms. The molecule has 0 saturated carbocycles. The Morgan fingerprint density at radius 3 is 2.77 bits per heavy atom. The lowest BCUT2D eigenvalue weighted by atomic mass is 10.2. The van der Waals surface area contributed by atoms with Crippen molar-refractivity contribution in [3.63, 3.8) is 0 Å². The summed E-state index contributed by atoms with van der Waals surface area (Å²) < 4.78 is 18.6. The van der Waals surface area contributed by atoms with Crippen LogP contribution in [0.15, 0.2) is 29.6 Å². The van der Waals surface area contributed by atoms with E-state index in [2.05, 4.69) is 4.90 Å². The van der Waals surface area contributed by atoms with Gasteiger partial charge in [0.25, 0.3) is 5.91 Å². The predicted octanol–water partition coefficient (Wildman–Crippen LogP) is 3.17. The van der Waals surface area contributed by atoms with E-state index >= 15 is 0 Å². The highest BCUT2D eigenvalue weighted by Gasteiger charge is 2.29. The first-order valence-corrected chi connectivity index (χ1v) is 9.95. The highest BCUT2D eigenvalue weighted by Crippen LogP contribution is 2.28. The smallest absolute Gasteiger partial charge is 0.251 e. The molecule has 2 fully saturated rings. The second kappa shape index (κ2) is 7.72. The van der Waals surface area contributed by atoms with Gasteiger partial charge >= 0.3 is 0 Å². The summed E-state index contributed by atoms with van der Waals surface area (Å²) in [5.41, 5.74) is 1.78. The molecule has 4 rings (SSSR count). The van der Waals surface area contributed by atoms with Crippen molar-refractivity contribution in [1.29, 1.82) is 0 Å². The van der Waals surface area contributed by atoms with Gasteiger partial charge in [-0.3, -0.25) is 4.79 Å². The zero-order chi connectivity index (χ0) is 17.9. The molecule has 7 heteroatoms. The van der Waals surface area contributed by atoms with Crippen LogP contribution >= 0.6 is 11.3 Å². The van der Waals surface area contributed by atoms with Gasteiger partial charge in [-0.15, -0.1) is 11.3 Å². The second-order valence-corrected chi connectivity index (χ2v) is 7.53. The number of hydrogen-bond acceptors (Lipinski definition) is 5. The molecule has 0 radical (unpaired) electrons. The fourth-order valence-electron chi connectivity index (χ4n) is 3.47. The van der Waals surface area contributed by atoms with Gasteiger partial charge in [0.05, 0.1) is 5.69 Å². The minimum atomic E-state index is -0.244. The minimum absolute atomic E-state index is 0.135. The lowest BCUT2D eigenvalue weighted by molar-refractivity contribution is -0.140. The van der Waals surface area contributed by atoms with E-state index in [1.165, 1.54) is 12.1 Å². The normalized spacial score (nSPS) is 21.0. The first-order valence-electron chi connectivity index (χ1n) is 9.07. The lowest BCUT2D eigenvalue weighted by Gasteiger charge is -2.24. The molecule has 0 aliphatic carbocycles. The number of amides is 1. The molecule has 2 aliphatic rings. The average molecular weight is 375 g/mol. The van der Waals surface area contributed by atoms with Crippen LogP contribution in [0.3, 0.4) is 0 Å². The number of anilines is 1. The Morgan fingerprint density at radius 2 is 2.00 bits per heavy atom. The average Bonchev–Trinajstić information content (AvgIpc) is 3.30. The minimum Gasteiger partial charge on any atom is -0.368 e. The van der Waals surface area contributed by atoms with Crippen molar-refractivity contribution in [3.05, 3.63) is 35.5 Å². The van der Waals surface area contributed by atoms with Gasteiger partial charge in [-0.05, 0) is 43.5 Å². The van der Waals surface area contributed by atoms with Crippen molar-refractivity contribution in [2.45, 2.75) is 25.4 Å². The van der Waals surface area contributed by atoms with Crippen molar-refractivity contribution >= 4 is 22.4 Å². The maximum absolute atomic E-state index is 13.1. The fraction of sp³-hybridized carbons (Fsp3) is 0.474. The Hall–Kier alpha value is -1.99. The summed E-state index contributed by atoms with van der Waals surface area (Å²) in [5.74, 6) is -0.108. The highest BCUT2D eigenvalue weighted by molar-refractivity contribution is 7.14. The van der Waals surface area contributed by atoms with E-state index in [9.17, 15) is 9.18 Å². The van der Waals surface area contributed by atoms with Crippen LogP contribution in [0.25, 0.3) is 11.3 Å². The van der Waals surface area contributed by atoms with E-state index in [4.69, 9.17) is 9.72 Å². The third-order valence-electron chi connectivity index (χ3n) is 4.92. The van der Waals surface area contributed by atoms with Crippen LogP contribution in [0.5, 0.6) is 0 Å². The number of carbonyl (C=O) groups excluding carboxylic acids is 1. The first kappa shape index (κ1) is 17.4. The number of carbonyl (C=O) groups is 1. The number of benzene rings is 1. The monoisotopic (exact) mass is 375 g/mol. The summed E-state index contributed by atoms with van der Waals surface area (Å²) in [7, 11) is 0. The van der Waals surface area contributed by atoms with Gasteiger partial charge in [0.15, 0.2) is 5.13 Å². The fourth-order valence-corrected chi connectivity index (χ4v) is 4.36. The molecular weight excluding hydrogens is 353 g/mol. The van der Waals surface area contributed by atoms with E-state index in [0.717, 1.165) is 55.3 Å². The van der Waals surface area contributed by atoms with Crippen LogP contribution in [-0.2, 0) is 9.53 Å². The van der Waals surface area contributed by atoms with Crippen LogP contribution in [0.1, 0.15) is 19.3 Å². The van der Waals surface area contributed by atoms with E-state index < -0.39 is 0 Å². The van der Waals surface area contributed by atoms with Gasteiger partial charge in [-0.2, -0.15) is 0 Å². The number of halogens is 1. The molecule has 0 N–H and O–H groups in total. The maximum Gasteiger partial charge on any atom is 0.251 e. The van der Waals surface area contributed by atoms with Gasteiger partial charge in [-0.1, -0.05) is 0 Å². The molecule has 0 spiro atoms. The summed E-state index contributed by atoms with van der Waals surface area (Å²) in [6.45, 7) is 3.82. The van der Waals surface area contributed by atoms with Crippen LogP contribution in [0, 0.1) is 5.82 Å². The predicted molar refractivity (Wildman–Crippen MR) is 99.9 cm³/mol. The summed E-state index contributed by atoms with van der Waals surface area (Å²) in [5, 5.41) is 2.96. The van der Waals surface area contributed by atoms with Gasteiger partial charge in [0.1, 0.15) is 11.9 Å². The maximum atomic E-state index is 13.1. The Morgan fingerprint density at radius 1 is 1.15 bits per heavy atom. The molecule has 0 bridgehead atoms. The molecule has 2 saturated heterocycles. The highest BCUT2D eigenvalue weighted by atomic mass is 32.1. The molecule has 0 unspecified atom stereocenters. The summed E-state index contributed by atoms with van der Waals surface area (Å²) in [4.78, 5) is 21.4. The Kier molecular flexibility index (Phi) is 5.17. The third kappa shape index (κ3) is 3.73. The number of rotatable bonds is 3. The number of ether oxygens (including phenoxy) is 1. The molecule has 1 atom stereocenters. The summed E-state index contributed by atoms with van der Waals surface area (Å²) >= 11 is 1.59. The molecular formula is C19H22FN3O2S. The number of hydrogen-bond donors (Lipinski definition) is 0. The van der Waals surface area contributed by atoms with Crippen molar-refractivity contribution < 1.29 is 13.9 Å². The lowest BCUT2D eigenvalue weighted by Crippen LogP contribution is -2.41. The summed E-state index contributed by atoms with van der Waals surface area (Å²) in [6.07, 6.45) is 2.49. The van der Waals surface area contributed by atoms with Crippen LogP contribution < -0.4 is 4.90 Å². The van der Waals surface area contributed by atoms with Gasteiger partial charge in [0, 0.05) is 43.7 Å². The van der Waals surface area contributed by atoms with Crippen LogP contribution in [-0.4, -0.2) is 54.7 Å². The zero-order valence-electron chi connectivity index (χ0n) is 14.6. The molecule has 138 valence electrons. The number of aromatic nitrogens is 1. The van der Waals surface area contributed by atoms with E-state index in [-0.39, 0.29) is 17.8 Å². The van der Waals surface area contributed by atoms with E-state index in [1.807, 2.05) is 10.3 Å². The van der Waals surface area contributed by atoms with Crippen molar-refractivity contribution in [1.82, 2.24) is 9.88 Å². The third-order valence-corrected chi connectivity index (χ3v) is 5.82. The van der Waals surface area contributed by atoms with E-state index in [0.29, 0.717) is 13.2 Å². The number of nitrogens with zero attached hydrogens (tertiary/aromatic N) is 3. The quantitative estimate of drug-likeness (QED) is 0.827. The largest absolute Gasteiger partial charge is 0.368 e. The molecule has 2 aromatic rings. The standard InChI is InChI=1S/C19H22FN3O2S/c20-15-6-4-14(5-7-15)16-13-26-19(21-16)23-9-2-8-22(10-11-23)18(24)17-3-1-12-25-17/h4-7,13,17H,1-3,8-12H2/t17-/m1/s1. The zero-order valence-corrected chi connectivity index (χ0v) is 15.4. The number of thiazole rings is 1. The SMILES string of the molecule is O=C([C@H]1CCCO1)N1CCCN(c2nc(-c3ccc(F)cc3)cs2)CC1. The molecule has 3 heterocycles. The molecule has 1 amide bonds. The Bertz CT molecular complexity index is 758. The molecule has 2 aliphatic heterocycles. The van der Waals surface area contributed by atoms with Crippen molar-refractivity contribution in [2.24, 2.45) is 0 Å². The molecule has 1 aromatic carbocycles. The molecule has 1 aromatic heterocycles. The van der Waals surface area contributed by atoms with Gasteiger partial charge < -0.3 is 14.5 Å². The van der Waals surface area contributed by atoms with Gasteiger partial charge in [-0.25, -0.2) is 9.37 Å². The Balaban J connectivity index is 1.41. The molecule has 5 nitrogen and oxygen atoms in total. The summed E-state index contributed by atoms with van der Waals surface area (Å²) in [6, 6.07) is 6.40. The van der Waals surface area contributed by atoms with E-state index in [1.54, 1.807) is 23.5 Å². The Labute approximate surface area is 156 Å².